The Labute approximate surface area is 107 Å². The molecular formula is C14H18N2O2. The lowest BCUT2D eigenvalue weighted by Gasteiger charge is -2.24. The van der Waals surface area contributed by atoms with Crippen LogP contribution in [0.5, 0.6) is 5.75 Å². The van der Waals surface area contributed by atoms with E-state index >= 15 is 0 Å². The first-order valence-electron chi connectivity index (χ1n) is 6.56. The van der Waals surface area contributed by atoms with E-state index in [0.717, 1.165) is 19.6 Å². The number of para-hydroxylation sites is 1. The highest BCUT2D eigenvalue weighted by atomic mass is 16.3. The summed E-state index contributed by atoms with van der Waals surface area (Å²) in [7, 11) is 0. The topological polar surface area (TPSA) is 52.6 Å². The number of benzene rings is 1. The summed E-state index contributed by atoms with van der Waals surface area (Å²) in [5, 5.41) is 13.2. The molecule has 1 aromatic rings. The molecule has 0 aliphatic carbocycles. The maximum atomic E-state index is 12.3. The minimum absolute atomic E-state index is 0.0516. The van der Waals surface area contributed by atoms with Crippen LogP contribution in [-0.4, -0.2) is 41.6 Å². The molecule has 2 atom stereocenters. The Hall–Kier alpha value is -1.55. The highest BCUT2D eigenvalue weighted by Gasteiger charge is 2.36. The fourth-order valence-electron chi connectivity index (χ4n) is 3.04. The normalized spacial score (nSPS) is 27.0. The quantitative estimate of drug-likeness (QED) is 0.783. The van der Waals surface area contributed by atoms with Gasteiger partial charge in [0.15, 0.2) is 0 Å². The maximum absolute atomic E-state index is 12.3. The lowest BCUT2D eigenvalue weighted by molar-refractivity contribution is 0.0782. The van der Waals surface area contributed by atoms with E-state index in [1.165, 1.54) is 12.8 Å². The summed E-state index contributed by atoms with van der Waals surface area (Å²) in [6, 6.07) is 7.21. The second kappa shape index (κ2) is 4.61. The molecule has 2 aliphatic heterocycles. The number of nitrogens with zero attached hydrogens (tertiary/aromatic N) is 1. The van der Waals surface area contributed by atoms with Crippen LogP contribution in [0, 0.1) is 5.92 Å². The molecule has 0 spiro atoms. The van der Waals surface area contributed by atoms with Gasteiger partial charge in [-0.05, 0) is 37.4 Å². The third-order valence-electron chi connectivity index (χ3n) is 4.02. The van der Waals surface area contributed by atoms with Crippen molar-refractivity contribution >= 4 is 5.91 Å². The van der Waals surface area contributed by atoms with E-state index in [1.807, 2.05) is 4.90 Å². The van der Waals surface area contributed by atoms with Gasteiger partial charge in [-0.25, -0.2) is 0 Å². The van der Waals surface area contributed by atoms with Crippen LogP contribution in [0.1, 0.15) is 23.2 Å². The summed E-state index contributed by atoms with van der Waals surface area (Å²) in [5.74, 6) is 0.600. The molecule has 0 unspecified atom stereocenters. The standard InChI is InChI=1S/C14H18N2O2/c17-13-6-2-1-5-11(13)14(18)16-8-10-4-3-7-15-12(10)9-16/h1-2,5-6,10,12,15,17H,3-4,7-9H2/t10-,12+/m0/s1. The SMILES string of the molecule is O=C(c1ccccc1O)N1C[C@@H]2CCCN[C@@H]2C1. The summed E-state index contributed by atoms with van der Waals surface area (Å²) in [6.45, 7) is 2.63. The Balaban J connectivity index is 1.76. The molecule has 2 saturated heterocycles. The zero-order chi connectivity index (χ0) is 12.5. The van der Waals surface area contributed by atoms with E-state index in [-0.39, 0.29) is 11.7 Å². The summed E-state index contributed by atoms with van der Waals surface area (Å²) in [4.78, 5) is 14.2. The van der Waals surface area contributed by atoms with Crippen molar-refractivity contribution < 1.29 is 9.90 Å². The largest absolute Gasteiger partial charge is 0.507 e. The highest BCUT2D eigenvalue weighted by Crippen LogP contribution is 2.27. The van der Waals surface area contributed by atoms with Crippen LogP contribution in [0.2, 0.25) is 0 Å². The first-order valence-corrected chi connectivity index (χ1v) is 6.56. The molecule has 1 amide bonds. The molecule has 0 radical (unpaired) electrons. The van der Waals surface area contributed by atoms with Crippen LogP contribution in [0.4, 0.5) is 0 Å². The maximum Gasteiger partial charge on any atom is 0.257 e. The summed E-state index contributed by atoms with van der Waals surface area (Å²) in [5.41, 5.74) is 0.413. The van der Waals surface area contributed by atoms with E-state index in [0.29, 0.717) is 17.5 Å². The van der Waals surface area contributed by atoms with Crippen LogP contribution < -0.4 is 5.32 Å². The van der Waals surface area contributed by atoms with Crippen molar-refractivity contribution in [1.29, 1.82) is 0 Å². The lowest BCUT2D eigenvalue weighted by atomic mass is 9.94. The molecule has 1 aromatic carbocycles. The van der Waals surface area contributed by atoms with Crippen LogP contribution in [0.15, 0.2) is 24.3 Å². The van der Waals surface area contributed by atoms with E-state index in [1.54, 1.807) is 24.3 Å². The minimum atomic E-state index is -0.0516. The smallest absolute Gasteiger partial charge is 0.257 e. The number of nitrogens with one attached hydrogen (secondary N) is 1. The Morgan fingerprint density at radius 2 is 2.17 bits per heavy atom. The number of phenolic OH excluding ortho intramolecular Hbond substituents is 1. The van der Waals surface area contributed by atoms with Crippen molar-refractivity contribution in [3.8, 4) is 5.75 Å². The van der Waals surface area contributed by atoms with Gasteiger partial charge in [0.1, 0.15) is 5.75 Å². The van der Waals surface area contributed by atoms with Crippen molar-refractivity contribution in [3.05, 3.63) is 29.8 Å². The molecule has 4 nitrogen and oxygen atoms in total. The molecule has 0 bridgehead atoms. The third kappa shape index (κ3) is 1.97. The molecule has 3 rings (SSSR count). The Morgan fingerprint density at radius 3 is 2.94 bits per heavy atom. The fraction of sp³-hybridized carbons (Fsp3) is 0.500. The van der Waals surface area contributed by atoms with Crippen molar-refractivity contribution in [3.63, 3.8) is 0 Å². The Kier molecular flexibility index (Phi) is 2.96. The van der Waals surface area contributed by atoms with Gasteiger partial charge < -0.3 is 15.3 Å². The van der Waals surface area contributed by atoms with Crippen LogP contribution in [0.25, 0.3) is 0 Å². The minimum Gasteiger partial charge on any atom is -0.507 e. The molecule has 2 heterocycles. The molecule has 0 saturated carbocycles. The average Bonchev–Trinajstić information content (AvgIpc) is 2.82. The van der Waals surface area contributed by atoms with E-state index in [9.17, 15) is 9.90 Å². The molecular weight excluding hydrogens is 228 g/mol. The van der Waals surface area contributed by atoms with Crippen LogP contribution in [0.3, 0.4) is 0 Å². The number of hydrogen-bond donors (Lipinski definition) is 2. The van der Waals surface area contributed by atoms with Gasteiger partial charge in [-0.2, -0.15) is 0 Å². The first kappa shape index (κ1) is 11.5. The Morgan fingerprint density at radius 1 is 1.33 bits per heavy atom. The van der Waals surface area contributed by atoms with Gasteiger partial charge in [0.25, 0.3) is 5.91 Å². The number of fused-ring (bicyclic) bond motifs is 1. The van der Waals surface area contributed by atoms with Crippen molar-refractivity contribution in [2.75, 3.05) is 19.6 Å². The molecule has 18 heavy (non-hydrogen) atoms. The van der Waals surface area contributed by atoms with Gasteiger partial charge in [-0.15, -0.1) is 0 Å². The average molecular weight is 246 g/mol. The van der Waals surface area contributed by atoms with Gasteiger partial charge in [-0.3, -0.25) is 4.79 Å². The summed E-state index contributed by atoms with van der Waals surface area (Å²) < 4.78 is 0. The van der Waals surface area contributed by atoms with Gasteiger partial charge in [-0.1, -0.05) is 12.1 Å². The summed E-state index contributed by atoms with van der Waals surface area (Å²) in [6.07, 6.45) is 2.39. The second-order valence-electron chi connectivity index (χ2n) is 5.19. The number of amides is 1. The fourth-order valence-corrected chi connectivity index (χ4v) is 3.04. The predicted molar refractivity (Wildman–Crippen MR) is 68.5 cm³/mol. The van der Waals surface area contributed by atoms with Crippen molar-refractivity contribution in [2.24, 2.45) is 5.92 Å². The second-order valence-corrected chi connectivity index (χ2v) is 5.19. The van der Waals surface area contributed by atoms with Gasteiger partial charge >= 0.3 is 0 Å². The lowest BCUT2D eigenvalue weighted by Crippen LogP contribution is -2.41. The van der Waals surface area contributed by atoms with Crippen LogP contribution in [-0.2, 0) is 0 Å². The highest BCUT2D eigenvalue weighted by molar-refractivity contribution is 5.97. The first-order chi connectivity index (χ1) is 8.75. The van der Waals surface area contributed by atoms with E-state index < -0.39 is 0 Å². The zero-order valence-electron chi connectivity index (χ0n) is 10.3. The van der Waals surface area contributed by atoms with Crippen molar-refractivity contribution in [2.45, 2.75) is 18.9 Å². The number of likely N-dealkylation sites (tertiary alicyclic amines) is 1. The molecule has 2 N–H and O–H groups in total. The van der Waals surface area contributed by atoms with Gasteiger partial charge in [0.2, 0.25) is 0 Å². The number of carbonyl (C=O) groups excluding carboxylic acids is 1. The molecule has 96 valence electrons. The Bertz CT molecular complexity index is 447. The zero-order valence-corrected chi connectivity index (χ0v) is 10.3. The molecule has 2 fully saturated rings. The van der Waals surface area contributed by atoms with E-state index in [4.69, 9.17) is 0 Å². The number of phenols is 1. The molecule has 4 heteroatoms. The van der Waals surface area contributed by atoms with E-state index in [2.05, 4.69) is 5.32 Å². The number of piperidine rings is 1. The molecule has 0 aromatic heterocycles. The monoisotopic (exact) mass is 246 g/mol. The number of hydrogen-bond acceptors (Lipinski definition) is 3. The molecule has 2 aliphatic rings. The number of aromatic hydroxyl groups is 1. The van der Waals surface area contributed by atoms with Gasteiger partial charge in [0.05, 0.1) is 5.56 Å². The third-order valence-corrected chi connectivity index (χ3v) is 4.02. The van der Waals surface area contributed by atoms with Crippen molar-refractivity contribution in [1.82, 2.24) is 10.2 Å². The van der Waals surface area contributed by atoms with Gasteiger partial charge in [0, 0.05) is 19.1 Å². The number of carbonyl (C=O) groups is 1. The predicted octanol–water partition coefficient (Wildman–Crippen LogP) is 1.22. The number of rotatable bonds is 1. The summed E-state index contributed by atoms with van der Waals surface area (Å²) >= 11 is 0. The van der Waals surface area contributed by atoms with Crippen LogP contribution >= 0.6 is 0 Å².